The molecule has 314 valence electrons. The van der Waals surface area contributed by atoms with Gasteiger partial charge < -0.3 is 0 Å². The molecule has 0 aliphatic carbocycles. The van der Waals surface area contributed by atoms with Crippen LogP contribution in [0.1, 0.15) is 329 Å². The second-order valence-electron chi connectivity index (χ2n) is 18.1. The molecule has 0 rings (SSSR count). The average molecular weight is 731 g/mol. The monoisotopic (exact) mass is 731 g/mol. The van der Waals surface area contributed by atoms with E-state index in [0.29, 0.717) is 0 Å². The maximum Gasteiger partial charge on any atom is -0.0414 e. The highest BCUT2D eigenvalue weighted by Gasteiger charge is 2.09. The summed E-state index contributed by atoms with van der Waals surface area (Å²) in [6, 6.07) is 0. The van der Waals surface area contributed by atoms with Crippen LogP contribution in [0.5, 0.6) is 0 Å². The highest BCUT2D eigenvalue weighted by atomic mass is 14.1. The molecule has 0 atom stereocenters. The zero-order chi connectivity index (χ0) is 37.5. The molecule has 0 nitrogen and oxygen atoms in total. The zero-order valence-corrected chi connectivity index (χ0v) is 37.5. The molecule has 0 saturated carbocycles. The molecular formula is C52H106. The van der Waals surface area contributed by atoms with E-state index >= 15 is 0 Å². The van der Waals surface area contributed by atoms with Crippen molar-refractivity contribution in [3.05, 3.63) is 0 Å². The number of rotatable bonds is 48. The minimum atomic E-state index is 1.03. The van der Waals surface area contributed by atoms with E-state index in [0.717, 1.165) is 5.92 Å². The van der Waals surface area contributed by atoms with Gasteiger partial charge in [0.2, 0.25) is 0 Å². The minimum Gasteiger partial charge on any atom is -0.0654 e. The molecule has 52 heavy (non-hydrogen) atoms. The first kappa shape index (κ1) is 52.0. The van der Waals surface area contributed by atoms with Crippen molar-refractivity contribution in [2.24, 2.45) is 5.92 Å². The van der Waals surface area contributed by atoms with Crippen molar-refractivity contribution in [2.75, 3.05) is 0 Å². The van der Waals surface area contributed by atoms with Gasteiger partial charge >= 0.3 is 0 Å². The summed E-state index contributed by atoms with van der Waals surface area (Å²) in [5.41, 5.74) is 0. The van der Waals surface area contributed by atoms with Crippen LogP contribution < -0.4 is 0 Å². The predicted octanol–water partition coefficient (Wildman–Crippen LogP) is 20.4. The van der Waals surface area contributed by atoms with Gasteiger partial charge in [-0.15, -0.1) is 0 Å². The predicted molar refractivity (Wildman–Crippen MR) is 242 cm³/mol. The van der Waals surface area contributed by atoms with Gasteiger partial charge in [-0.3, -0.25) is 0 Å². The Bertz CT molecular complexity index is 543. The molecule has 0 aliphatic heterocycles. The smallest absolute Gasteiger partial charge is 0.0414 e. The fraction of sp³-hybridized carbons (Fsp3) is 1.00. The molecule has 0 radical (unpaired) electrons. The van der Waals surface area contributed by atoms with Crippen LogP contribution in [-0.2, 0) is 0 Å². The summed E-state index contributed by atoms with van der Waals surface area (Å²) in [4.78, 5) is 0. The third-order valence-electron chi connectivity index (χ3n) is 12.6. The molecule has 0 aromatic heterocycles. The summed E-state index contributed by atoms with van der Waals surface area (Å²) < 4.78 is 0. The molecule has 0 N–H and O–H groups in total. The maximum absolute atomic E-state index is 2.32. The van der Waals surface area contributed by atoms with E-state index in [-0.39, 0.29) is 0 Å². The number of hydrogen-bond acceptors (Lipinski definition) is 0. The summed E-state index contributed by atoms with van der Waals surface area (Å²) in [5.74, 6) is 1.03. The lowest BCUT2D eigenvalue weighted by atomic mass is 9.89. The molecule has 0 unspecified atom stereocenters. The highest BCUT2D eigenvalue weighted by molar-refractivity contribution is 4.63. The lowest BCUT2D eigenvalue weighted by Gasteiger charge is -2.17. The van der Waals surface area contributed by atoms with Gasteiger partial charge in [-0.2, -0.15) is 0 Å². The lowest BCUT2D eigenvalue weighted by Crippen LogP contribution is -2.01. The van der Waals surface area contributed by atoms with E-state index in [1.165, 1.54) is 308 Å². The molecule has 0 heterocycles. The molecule has 0 aromatic rings. The standard InChI is InChI=1S/C52H106/c1-4-7-10-13-16-19-22-25-27-29-32-35-38-41-44-47-50-52(49-46-43-40-37-34-31-24-21-18-15-12-9-6-3)51-48-45-42-39-36-33-30-28-26-23-20-17-14-11-8-5-2/h52H,4-51H2,1-3H3. The molecule has 0 aromatic carbocycles. The van der Waals surface area contributed by atoms with E-state index < -0.39 is 0 Å². The second-order valence-corrected chi connectivity index (χ2v) is 18.1. The van der Waals surface area contributed by atoms with Crippen LogP contribution >= 0.6 is 0 Å². The average Bonchev–Trinajstić information content (AvgIpc) is 3.15. The summed E-state index contributed by atoms with van der Waals surface area (Å²) >= 11 is 0. The maximum atomic E-state index is 2.32. The van der Waals surface area contributed by atoms with Crippen LogP contribution in [-0.4, -0.2) is 0 Å². The van der Waals surface area contributed by atoms with Gasteiger partial charge in [-0.05, 0) is 5.92 Å². The molecule has 0 amide bonds. The van der Waals surface area contributed by atoms with Gasteiger partial charge in [-0.25, -0.2) is 0 Å². The van der Waals surface area contributed by atoms with Gasteiger partial charge in [0.25, 0.3) is 0 Å². The normalized spacial score (nSPS) is 11.8. The molecular weight excluding hydrogens is 625 g/mol. The largest absolute Gasteiger partial charge is 0.0654 e. The quantitative estimate of drug-likeness (QED) is 0.0547. The van der Waals surface area contributed by atoms with Crippen molar-refractivity contribution in [3.8, 4) is 0 Å². The Balaban J connectivity index is 3.92. The first-order valence-electron chi connectivity index (χ1n) is 25.8. The van der Waals surface area contributed by atoms with Crippen molar-refractivity contribution in [1.29, 1.82) is 0 Å². The Hall–Kier alpha value is 0. The van der Waals surface area contributed by atoms with Crippen LogP contribution in [0.4, 0.5) is 0 Å². The van der Waals surface area contributed by atoms with Crippen molar-refractivity contribution in [3.63, 3.8) is 0 Å². The van der Waals surface area contributed by atoms with Crippen LogP contribution in [0.3, 0.4) is 0 Å². The first-order chi connectivity index (χ1) is 25.8. The van der Waals surface area contributed by atoms with Gasteiger partial charge in [0.05, 0.1) is 0 Å². The van der Waals surface area contributed by atoms with Gasteiger partial charge in [0, 0.05) is 0 Å². The Morgan fingerprint density at radius 2 is 0.269 bits per heavy atom. The van der Waals surface area contributed by atoms with Crippen molar-refractivity contribution in [2.45, 2.75) is 329 Å². The zero-order valence-electron chi connectivity index (χ0n) is 37.5. The summed E-state index contributed by atoms with van der Waals surface area (Å²) in [7, 11) is 0. The van der Waals surface area contributed by atoms with Crippen LogP contribution in [0.2, 0.25) is 0 Å². The van der Waals surface area contributed by atoms with Crippen LogP contribution in [0.25, 0.3) is 0 Å². The van der Waals surface area contributed by atoms with E-state index in [2.05, 4.69) is 20.8 Å². The number of hydrogen-bond donors (Lipinski definition) is 0. The Kier molecular flexibility index (Phi) is 49.0. The van der Waals surface area contributed by atoms with Crippen molar-refractivity contribution < 1.29 is 0 Å². The Morgan fingerprint density at radius 3 is 0.404 bits per heavy atom. The molecule has 0 bridgehead atoms. The van der Waals surface area contributed by atoms with Crippen LogP contribution in [0.15, 0.2) is 0 Å². The molecule has 0 spiro atoms. The Morgan fingerprint density at radius 1 is 0.154 bits per heavy atom. The lowest BCUT2D eigenvalue weighted by molar-refractivity contribution is 0.365. The molecule has 0 heteroatoms. The van der Waals surface area contributed by atoms with E-state index in [1.807, 2.05) is 0 Å². The fourth-order valence-corrected chi connectivity index (χ4v) is 8.85. The molecule has 0 fully saturated rings. The Labute approximate surface area is 333 Å². The fourth-order valence-electron chi connectivity index (χ4n) is 8.85. The van der Waals surface area contributed by atoms with Crippen molar-refractivity contribution >= 4 is 0 Å². The molecule has 0 aliphatic rings. The minimum absolute atomic E-state index is 1.03. The van der Waals surface area contributed by atoms with Gasteiger partial charge in [-0.1, -0.05) is 329 Å². The second kappa shape index (κ2) is 49.0. The SMILES string of the molecule is CCCCCCCCCCCCCCCCCCC(CCCCCCCCCCCCCCC)CCCCCCCCCCCCCCCCCC. The topological polar surface area (TPSA) is 0 Å². The summed E-state index contributed by atoms with van der Waals surface area (Å²) in [5, 5.41) is 0. The first-order valence-corrected chi connectivity index (χ1v) is 25.8. The summed E-state index contributed by atoms with van der Waals surface area (Å²) in [6.07, 6.45) is 71.3. The summed E-state index contributed by atoms with van der Waals surface area (Å²) in [6.45, 7) is 6.96. The van der Waals surface area contributed by atoms with Crippen LogP contribution in [0, 0.1) is 5.92 Å². The third-order valence-corrected chi connectivity index (χ3v) is 12.6. The van der Waals surface area contributed by atoms with E-state index in [4.69, 9.17) is 0 Å². The molecule has 0 saturated heterocycles. The third kappa shape index (κ3) is 46.2. The van der Waals surface area contributed by atoms with Gasteiger partial charge in [0.15, 0.2) is 0 Å². The highest BCUT2D eigenvalue weighted by Crippen LogP contribution is 2.25. The van der Waals surface area contributed by atoms with Crippen molar-refractivity contribution in [1.82, 2.24) is 0 Å². The number of unbranched alkanes of at least 4 members (excludes halogenated alkanes) is 42. The van der Waals surface area contributed by atoms with Gasteiger partial charge in [0.1, 0.15) is 0 Å². The van der Waals surface area contributed by atoms with E-state index in [9.17, 15) is 0 Å². The van der Waals surface area contributed by atoms with E-state index in [1.54, 1.807) is 0 Å².